The fraction of sp³-hybridized carbons (Fsp3) is 0.800. The fourth-order valence-electron chi connectivity index (χ4n) is 2.76. The van der Waals surface area contributed by atoms with E-state index in [1.54, 1.807) is 0 Å². The molecule has 1 fully saturated rings. The van der Waals surface area contributed by atoms with Crippen LogP contribution in [-0.4, -0.2) is 15.9 Å². The second-order valence-corrected chi connectivity index (χ2v) is 6.09. The molecule has 1 aromatic heterocycles. The highest BCUT2D eigenvalue weighted by atomic mass is 79.9. The first-order valence-corrected chi connectivity index (χ1v) is 8.41. The first-order chi connectivity index (χ1) is 9.26. The second kappa shape index (κ2) is 7.44. The van der Waals surface area contributed by atoms with Gasteiger partial charge in [-0.2, -0.15) is 5.10 Å². The molecule has 1 aliphatic carbocycles. The summed E-state index contributed by atoms with van der Waals surface area (Å²) >= 11 is 3.68. The number of ether oxygens (including phenoxy) is 1. The van der Waals surface area contributed by atoms with E-state index in [-0.39, 0.29) is 0 Å². The van der Waals surface area contributed by atoms with Gasteiger partial charge in [0.15, 0.2) is 0 Å². The smallest absolute Gasteiger partial charge is 0.0900 e. The molecule has 0 bridgehead atoms. The molecule has 0 saturated heterocycles. The van der Waals surface area contributed by atoms with Crippen molar-refractivity contribution in [2.75, 3.05) is 0 Å². The third-order valence-corrected chi connectivity index (χ3v) is 4.87. The van der Waals surface area contributed by atoms with E-state index in [0.717, 1.165) is 23.1 Å². The third-order valence-electron chi connectivity index (χ3n) is 3.95. The molecule has 0 spiro atoms. The summed E-state index contributed by atoms with van der Waals surface area (Å²) in [5.41, 5.74) is 2.34. The Morgan fingerprint density at radius 2 is 1.89 bits per heavy atom. The molecule has 0 atom stereocenters. The lowest BCUT2D eigenvalue weighted by Gasteiger charge is -2.16. The lowest BCUT2D eigenvalue weighted by Crippen LogP contribution is -2.14. The number of halogens is 1. The standard InChI is InChI=1S/C15H25BrN2O/c1-3-13-15(16)14(18(4-2)17-13)11-19-12-9-7-5-6-8-10-12/h12H,3-11H2,1-2H3. The number of rotatable bonds is 5. The van der Waals surface area contributed by atoms with Gasteiger partial charge in [0.2, 0.25) is 0 Å². The van der Waals surface area contributed by atoms with Gasteiger partial charge in [-0.3, -0.25) is 4.68 Å². The first-order valence-electron chi connectivity index (χ1n) is 7.61. The summed E-state index contributed by atoms with van der Waals surface area (Å²) in [6, 6.07) is 0. The lowest BCUT2D eigenvalue weighted by atomic mass is 10.1. The molecule has 1 aliphatic rings. The normalized spacial score (nSPS) is 17.6. The van der Waals surface area contributed by atoms with Crippen LogP contribution in [0.1, 0.15) is 63.8 Å². The maximum atomic E-state index is 6.14. The van der Waals surface area contributed by atoms with Gasteiger partial charge in [0.25, 0.3) is 0 Å². The van der Waals surface area contributed by atoms with E-state index < -0.39 is 0 Å². The van der Waals surface area contributed by atoms with Crippen molar-refractivity contribution in [3.8, 4) is 0 Å². The average Bonchev–Trinajstić information content (AvgIpc) is 2.60. The summed E-state index contributed by atoms with van der Waals surface area (Å²) in [6.07, 6.45) is 9.23. The molecule has 3 nitrogen and oxygen atoms in total. The first kappa shape index (κ1) is 15.0. The van der Waals surface area contributed by atoms with Crippen LogP contribution in [0.4, 0.5) is 0 Å². The average molecular weight is 329 g/mol. The molecular weight excluding hydrogens is 304 g/mol. The van der Waals surface area contributed by atoms with Crippen LogP contribution in [0, 0.1) is 0 Å². The summed E-state index contributed by atoms with van der Waals surface area (Å²) < 4.78 is 9.35. The predicted molar refractivity (Wildman–Crippen MR) is 81.3 cm³/mol. The van der Waals surface area contributed by atoms with E-state index in [9.17, 15) is 0 Å². The molecule has 108 valence electrons. The molecule has 4 heteroatoms. The molecular formula is C15H25BrN2O. The van der Waals surface area contributed by atoms with Gasteiger partial charge in [0.05, 0.1) is 28.6 Å². The Morgan fingerprint density at radius 1 is 1.21 bits per heavy atom. The van der Waals surface area contributed by atoms with E-state index >= 15 is 0 Å². The summed E-state index contributed by atoms with van der Waals surface area (Å²) in [5, 5.41) is 4.62. The Kier molecular flexibility index (Phi) is 5.89. The summed E-state index contributed by atoms with van der Waals surface area (Å²) in [4.78, 5) is 0. The highest BCUT2D eigenvalue weighted by Crippen LogP contribution is 2.25. The van der Waals surface area contributed by atoms with Crippen molar-refractivity contribution in [2.24, 2.45) is 0 Å². The van der Waals surface area contributed by atoms with E-state index in [0.29, 0.717) is 12.7 Å². The zero-order chi connectivity index (χ0) is 13.7. The minimum atomic E-state index is 0.444. The van der Waals surface area contributed by atoms with Gasteiger partial charge in [-0.1, -0.05) is 32.6 Å². The van der Waals surface area contributed by atoms with E-state index in [1.807, 2.05) is 0 Å². The van der Waals surface area contributed by atoms with Crippen molar-refractivity contribution in [1.82, 2.24) is 9.78 Å². The molecule has 0 aliphatic heterocycles. The molecule has 1 aromatic rings. The van der Waals surface area contributed by atoms with Gasteiger partial charge in [-0.15, -0.1) is 0 Å². The molecule has 1 saturated carbocycles. The monoisotopic (exact) mass is 328 g/mol. The van der Waals surface area contributed by atoms with Crippen LogP contribution in [0.3, 0.4) is 0 Å². The van der Waals surface area contributed by atoms with Gasteiger partial charge < -0.3 is 4.74 Å². The van der Waals surface area contributed by atoms with Crippen LogP contribution in [-0.2, 0) is 24.3 Å². The van der Waals surface area contributed by atoms with Gasteiger partial charge in [-0.25, -0.2) is 0 Å². The molecule has 2 rings (SSSR count). The van der Waals surface area contributed by atoms with Crippen LogP contribution in [0.5, 0.6) is 0 Å². The Morgan fingerprint density at radius 3 is 2.47 bits per heavy atom. The molecule has 19 heavy (non-hydrogen) atoms. The molecule has 0 N–H and O–H groups in total. The van der Waals surface area contributed by atoms with Crippen LogP contribution < -0.4 is 0 Å². The number of aryl methyl sites for hydroxylation is 2. The minimum Gasteiger partial charge on any atom is -0.372 e. The Bertz CT molecular complexity index is 395. The Hall–Kier alpha value is -0.350. The summed E-state index contributed by atoms with van der Waals surface area (Å²) in [7, 11) is 0. The van der Waals surface area contributed by atoms with Gasteiger partial charge in [0.1, 0.15) is 0 Å². The van der Waals surface area contributed by atoms with E-state index in [4.69, 9.17) is 4.74 Å². The molecule has 1 heterocycles. The number of hydrogen-bond donors (Lipinski definition) is 0. The quantitative estimate of drug-likeness (QED) is 0.746. The molecule has 0 aromatic carbocycles. The molecule has 0 amide bonds. The maximum absolute atomic E-state index is 6.14. The molecule has 0 radical (unpaired) electrons. The summed E-state index contributed by atoms with van der Waals surface area (Å²) in [5.74, 6) is 0. The van der Waals surface area contributed by atoms with Gasteiger partial charge in [0, 0.05) is 6.54 Å². The lowest BCUT2D eigenvalue weighted by molar-refractivity contribution is 0.0270. The predicted octanol–water partition coefficient (Wildman–Crippen LogP) is 4.47. The molecule has 0 unspecified atom stereocenters. The van der Waals surface area contributed by atoms with Gasteiger partial charge in [-0.05, 0) is 42.1 Å². The van der Waals surface area contributed by atoms with Crippen LogP contribution >= 0.6 is 15.9 Å². The zero-order valence-corrected chi connectivity index (χ0v) is 13.7. The number of aromatic nitrogens is 2. The van der Waals surface area contributed by atoms with Crippen LogP contribution in [0.15, 0.2) is 4.47 Å². The van der Waals surface area contributed by atoms with Crippen molar-refractivity contribution < 1.29 is 4.74 Å². The largest absolute Gasteiger partial charge is 0.372 e. The summed E-state index contributed by atoms with van der Waals surface area (Å²) in [6.45, 7) is 5.87. The van der Waals surface area contributed by atoms with Crippen molar-refractivity contribution >= 4 is 15.9 Å². The zero-order valence-electron chi connectivity index (χ0n) is 12.1. The minimum absolute atomic E-state index is 0.444. The fourth-order valence-corrected chi connectivity index (χ4v) is 3.44. The van der Waals surface area contributed by atoms with Crippen molar-refractivity contribution in [1.29, 1.82) is 0 Å². The Balaban J connectivity index is 1.99. The van der Waals surface area contributed by atoms with Crippen molar-refractivity contribution in [3.63, 3.8) is 0 Å². The topological polar surface area (TPSA) is 27.1 Å². The second-order valence-electron chi connectivity index (χ2n) is 5.30. The maximum Gasteiger partial charge on any atom is 0.0900 e. The van der Waals surface area contributed by atoms with Crippen LogP contribution in [0.2, 0.25) is 0 Å². The van der Waals surface area contributed by atoms with E-state index in [1.165, 1.54) is 44.2 Å². The Labute approximate surface area is 124 Å². The third kappa shape index (κ3) is 3.82. The SMILES string of the molecule is CCc1nn(CC)c(COC2CCCCCC2)c1Br. The van der Waals surface area contributed by atoms with Gasteiger partial charge >= 0.3 is 0 Å². The van der Waals surface area contributed by atoms with Crippen LogP contribution in [0.25, 0.3) is 0 Å². The van der Waals surface area contributed by atoms with E-state index in [2.05, 4.69) is 39.6 Å². The number of nitrogens with zero attached hydrogens (tertiary/aromatic N) is 2. The highest BCUT2D eigenvalue weighted by Gasteiger charge is 2.17. The van der Waals surface area contributed by atoms with Crippen molar-refractivity contribution in [2.45, 2.75) is 78.0 Å². The van der Waals surface area contributed by atoms with Crippen molar-refractivity contribution in [3.05, 3.63) is 15.9 Å². The number of hydrogen-bond acceptors (Lipinski definition) is 2. The highest BCUT2D eigenvalue weighted by molar-refractivity contribution is 9.10.